The third-order valence-corrected chi connectivity index (χ3v) is 3.32. The number of rotatable bonds is 3. The van der Waals surface area contributed by atoms with Crippen LogP contribution in [0.25, 0.3) is 11.0 Å². The Bertz CT molecular complexity index is 664. The molecule has 1 amide bonds. The number of halogens is 1. The van der Waals surface area contributed by atoms with E-state index in [1.807, 2.05) is 6.07 Å². The van der Waals surface area contributed by atoms with Crippen LogP contribution >= 0.6 is 15.9 Å². The zero-order chi connectivity index (χ0) is 14.2. The molecule has 1 atom stereocenters. The van der Waals surface area contributed by atoms with Crippen LogP contribution in [0, 0.1) is 0 Å². The van der Waals surface area contributed by atoms with Gasteiger partial charge in [0.25, 0.3) is 0 Å². The van der Waals surface area contributed by atoms with Gasteiger partial charge in [-0.1, -0.05) is 15.9 Å². The normalized spacial score (nSPS) is 14.1. The van der Waals surface area contributed by atoms with Gasteiger partial charge in [0.2, 0.25) is 5.91 Å². The van der Waals surface area contributed by atoms with Gasteiger partial charge in [-0.2, -0.15) is 0 Å². The summed E-state index contributed by atoms with van der Waals surface area (Å²) in [5.74, 6) is -1.43. The van der Waals surface area contributed by atoms with Crippen LogP contribution in [-0.2, 0) is 15.1 Å². The molecule has 2 rings (SSSR count). The van der Waals surface area contributed by atoms with Crippen molar-refractivity contribution in [2.75, 3.05) is 0 Å². The van der Waals surface area contributed by atoms with E-state index in [2.05, 4.69) is 21.2 Å². The number of aliphatic carboxylic acids is 1. The Morgan fingerprint density at radius 1 is 1.37 bits per heavy atom. The summed E-state index contributed by atoms with van der Waals surface area (Å²) in [6.07, 6.45) is 0. The van der Waals surface area contributed by atoms with Gasteiger partial charge in [0.05, 0.1) is 0 Å². The van der Waals surface area contributed by atoms with Gasteiger partial charge >= 0.3 is 5.97 Å². The zero-order valence-corrected chi connectivity index (χ0v) is 11.9. The number of carbonyl (C=O) groups excluding carboxylic acids is 1. The first kappa shape index (κ1) is 13.6. The van der Waals surface area contributed by atoms with Crippen molar-refractivity contribution in [3.05, 3.63) is 34.5 Å². The summed E-state index contributed by atoms with van der Waals surface area (Å²) < 4.78 is 6.40. The Morgan fingerprint density at radius 2 is 2.05 bits per heavy atom. The molecule has 0 aliphatic carbocycles. The number of hydrogen-bond donors (Lipinski definition) is 2. The Kier molecular flexibility index (Phi) is 3.36. The third kappa shape index (κ3) is 2.49. The second-order valence-corrected chi connectivity index (χ2v) is 5.32. The number of carbonyl (C=O) groups is 2. The summed E-state index contributed by atoms with van der Waals surface area (Å²) in [4.78, 5) is 22.6. The molecule has 0 fully saturated rings. The molecular weight excluding hydrogens is 314 g/mol. The van der Waals surface area contributed by atoms with Crippen LogP contribution in [0.1, 0.15) is 19.6 Å². The molecule has 5 nitrogen and oxygen atoms in total. The second-order valence-electron chi connectivity index (χ2n) is 4.40. The molecule has 1 aromatic heterocycles. The predicted molar refractivity (Wildman–Crippen MR) is 72.7 cm³/mol. The van der Waals surface area contributed by atoms with Gasteiger partial charge in [0.1, 0.15) is 11.3 Å². The highest BCUT2D eigenvalue weighted by molar-refractivity contribution is 9.10. The number of hydrogen-bond acceptors (Lipinski definition) is 3. The molecule has 0 saturated heterocycles. The van der Waals surface area contributed by atoms with Crippen molar-refractivity contribution < 1.29 is 19.1 Å². The van der Waals surface area contributed by atoms with E-state index in [0.29, 0.717) is 5.58 Å². The highest BCUT2D eigenvalue weighted by Gasteiger charge is 2.39. The van der Waals surface area contributed by atoms with E-state index in [0.717, 1.165) is 9.86 Å². The van der Waals surface area contributed by atoms with Crippen LogP contribution in [0.2, 0.25) is 0 Å². The number of carboxylic acid groups (broad SMARTS) is 1. The highest BCUT2D eigenvalue weighted by Crippen LogP contribution is 2.30. The van der Waals surface area contributed by atoms with E-state index in [4.69, 9.17) is 4.42 Å². The summed E-state index contributed by atoms with van der Waals surface area (Å²) in [6, 6.07) is 6.97. The van der Waals surface area contributed by atoms with E-state index in [1.54, 1.807) is 18.2 Å². The number of carboxylic acids is 1. The fourth-order valence-electron chi connectivity index (χ4n) is 1.83. The summed E-state index contributed by atoms with van der Waals surface area (Å²) in [6.45, 7) is 2.66. The Morgan fingerprint density at radius 3 is 2.63 bits per heavy atom. The van der Waals surface area contributed by atoms with Crippen molar-refractivity contribution >= 4 is 38.8 Å². The van der Waals surface area contributed by atoms with Gasteiger partial charge in [0, 0.05) is 16.8 Å². The molecule has 1 unspecified atom stereocenters. The lowest BCUT2D eigenvalue weighted by Gasteiger charge is -2.22. The van der Waals surface area contributed by atoms with Crippen molar-refractivity contribution in [3.63, 3.8) is 0 Å². The van der Waals surface area contributed by atoms with E-state index < -0.39 is 17.4 Å². The number of nitrogens with one attached hydrogen (secondary N) is 1. The van der Waals surface area contributed by atoms with Crippen LogP contribution in [0.15, 0.2) is 33.2 Å². The fraction of sp³-hybridized carbons (Fsp3) is 0.231. The molecule has 0 bridgehead atoms. The molecule has 0 aliphatic rings. The van der Waals surface area contributed by atoms with E-state index in [1.165, 1.54) is 13.8 Å². The van der Waals surface area contributed by atoms with E-state index in [9.17, 15) is 14.7 Å². The number of amides is 1. The molecule has 0 saturated carbocycles. The summed E-state index contributed by atoms with van der Waals surface area (Å²) >= 11 is 3.33. The topological polar surface area (TPSA) is 79.5 Å². The minimum absolute atomic E-state index is 0.184. The average Bonchev–Trinajstić information content (AvgIpc) is 2.70. The molecule has 2 aromatic rings. The van der Waals surface area contributed by atoms with Crippen LogP contribution in [-0.4, -0.2) is 17.0 Å². The van der Waals surface area contributed by atoms with Crippen LogP contribution in [0.4, 0.5) is 0 Å². The number of benzene rings is 1. The highest BCUT2D eigenvalue weighted by atomic mass is 79.9. The van der Waals surface area contributed by atoms with E-state index >= 15 is 0 Å². The quantitative estimate of drug-likeness (QED) is 0.909. The maximum Gasteiger partial charge on any atom is 0.337 e. The Hall–Kier alpha value is -1.82. The summed E-state index contributed by atoms with van der Waals surface area (Å²) in [7, 11) is 0. The summed E-state index contributed by atoms with van der Waals surface area (Å²) in [5, 5.41) is 12.5. The standard InChI is InChI=1S/C13H12BrNO4/c1-7(16)15-13(2,12(17)18)11-6-8-5-9(14)3-4-10(8)19-11/h3-6H,1-2H3,(H,15,16)(H,17,18). The molecule has 0 spiro atoms. The number of fused-ring (bicyclic) bond motifs is 1. The van der Waals surface area contributed by atoms with Gasteiger partial charge in [-0.05, 0) is 31.2 Å². The molecule has 1 aromatic carbocycles. The molecule has 1 heterocycles. The molecular formula is C13H12BrNO4. The first-order valence-electron chi connectivity index (χ1n) is 5.54. The van der Waals surface area contributed by atoms with Crippen molar-refractivity contribution in [2.24, 2.45) is 0 Å². The Balaban J connectivity index is 2.56. The van der Waals surface area contributed by atoms with Crippen molar-refractivity contribution in [3.8, 4) is 0 Å². The van der Waals surface area contributed by atoms with E-state index in [-0.39, 0.29) is 5.76 Å². The lowest BCUT2D eigenvalue weighted by molar-refractivity contribution is -0.147. The monoisotopic (exact) mass is 325 g/mol. The van der Waals surface area contributed by atoms with Crippen LogP contribution in [0.3, 0.4) is 0 Å². The lowest BCUT2D eigenvalue weighted by Crippen LogP contribution is -2.48. The third-order valence-electron chi connectivity index (χ3n) is 2.82. The first-order valence-corrected chi connectivity index (χ1v) is 6.34. The molecule has 0 aliphatic heterocycles. The fourth-order valence-corrected chi connectivity index (χ4v) is 2.21. The maximum absolute atomic E-state index is 11.4. The smallest absolute Gasteiger partial charge is 0.337 e. The largest absolute Gasteiger partial charge is 0.479 e. The molecule has 6 heteroatoms. The zero-order valence-electron chi connectivity index (χ0n) is 10.4. The SMILES string of the molecule is CC(=O)NC(C)(C(=O)O)c1cc2cc(Br)ccc2o1. The number of furan rings is 1. The minimum Gasteiger partial charge on any atom is -0.479 e. The second kappa shape index (κ2) is 4.70. The molecule has 100 valence electrons. The van der Waals surface area contributed by atoms with Gasteiger partial charge in [-0.15, -0.1) is 0 Å². The Labute approximate surface area is 117 Å². The van der Waals surface area contributed by atoms with Gasteiger partial charge < -0.3 is 14.8 Å². The summed E-state index contributed by atoms with van der Waals surface area (Å²) in [5.41, 5.74) is -1.02. The van der Waals surface area contributed by atoms with Gasteiger partial charge in [-0.3, -0.25) is 4.79 Å². The van der Waals surface area contributed by atoms with Crippen LogP contribution in [0.5, 0.6) is 0 Å². The predicted octanol–water partition coefficient (Wildman–Crippen LogP) is 2.63. The first-order chi connectivity index (χ1) is 8.83. The average molecular weight is 326 g/mol. The lowest BCUT2D eigenvalue weighted by atomic mass is 9.99. The molecule has 0 radical (unpaired) electrons. The van der Waals surface area contributed by atoms with Crippen molar-refractivity contribution in [1.82, 2.24) is 5.32 Å². The van der Waals surface area contributed by atoms with Crippen LogP contribution < -0.4 is 5.32 Å². The van der Waals surface area contributed by atoms with Crippen molar-refractivity contribution in [1.29, 1.82) is 0 Å². The van der Waals surface area contributed by atoms with Gasteiger partial charge in [0.15, 0.2) is 5.54 Å². The molecule has 19 heavy (non-hydrogen) atoms. The van der Waals surface area contributed by atoms with Crippen molar-refractivity contribution in [2.45, 2.75) is 19.4 Å². The van der Waals surface area contributed by atoms with Gasteiger partial charge in [-0.25, -0.2) is 4.79 Å². The maximum atomic E-state index is 11.4. The minimum atomic E-state index is -1.59. The molecule has 2 N–H and O–H groups in total.